The molecule has 1 amide bonds. The summed E-state index contributed by atoms with van der Waals surface area (Å²) in [5.74, 6) is -0.0137. The van der Waals surface area contributed by atoms with E-state index in [-0.39, 0.29) is 12.5 Å². The minimum atomic E-state index is -0.0137. The largest absolute Gasteiger partial charge is 0.391 e. The van der Waals surface area contributed by atoms with E-state index in [1.54, 1.807) is 4.68 Å². The lowest BCUT2D eigenvalue weighted by atomic mass is 10.1. The molecule has 3 aromatic rings. The Bertz CT molecular complexity index is 964. The number of carbonyl (C=O) groups excluding carboxylic acids is 1. The van der Waals surface area contributed by atoms with Crippen LogP contribution in [0.4, 0.5) is 0 Å². The molecule has 7 heteroatoms. The molecule has 2 aromatic carbocycles. The Morgan fingerprint density at radius 2 is 1.76 bits per heavy atom. The minimum Gasteiger partial charge on any atom is -0.391 e. The van der Waals surface area contributed by atoms with Gasteiger partial charge in [-0.05, 0) is 24.3 Å². The molecular weight excluding hydrogens is 388 g/mol. The first-order valence-electron chi connectivity index (χ1n) is 9.80. The number of amides is 1. The zero-order valence-corrected chi connectivity index (χ0v) is 16.8. The van der Waals surface area contributed by atoms with E-state index in [9.17, 15) is 4.79 Å². The number of nitrogens with one attached hydrogen (secondary N) is 1. The van der Waals surface area contributed by atoms with Gasteiger partial charge >= 0.3 is 0 Å². The lowest BCUT2D eigenvalue weighted by molar-refractivity contribution is -0.904. The molecule has 1 aliphatic rings. The molecule has 150 valence electrons. The molecule has 0 atom stereocenters. The van der Waals surface area contributed by atoms with Gasteiger partial charge in [-0.1, -0.05) is 41.9 Å². The van der Waals surface area contributed by atoms with Crippen molar-refractivity contribution in [1.29, 1.82) is 0 Å². The number of benzene rings is 2. The number of aliphatic hydroxyl groups is 1. The number of aromatic nitrogens is 2. The Morgan fingerprint density at radius 3 is 2.41 bits per heavy atom. The molecule has 2 N–H and O–H groups in total. The third-order valence-electron chi connectivity index (χ3n) is 5.31. The highest BCUT2D eigenvalue weighted by Gasteiger charge is 2.28. The SMILES string of the molecule is O=C(c1cn(-c2ccccc2)nc1-c1ccc(Cl)cc1)N1CC[NH+](CCO)CC1. The highest BCUT2D eigenvalue weighted by molar-refractivity contribution is 6.30. The number of quaternary nitrogens is 1. The summed E-state index contributed by atoms with van der Waals surface area (Å²) in [4.78, 5) is 16.6. The fraction of sp³-hybridized carbons (Fsp3) is 0.273. The third kappa shape index (κ3) is 4.34. The first-order chi connectivity index (χ1) is 14.2. The van der Waals surface area contributed by atoms with Gasteiger partial charge in [0.2, 0.25) is 0 Å². The number of carbonyl (C=O) groups is 1. The van der Waals surface area contributed by atoms with Crippen LogP contribution >= 0.6 is 11.6 Å². The van der Waals surface area contributed by atoms with Gasteiger partial charge in [0.25, 0.3) is 5.91 Å². The van der Waals surface area contributed by atoms with Gasteiger partial charge in [-0.2, -0.15) is 5.10 Å². The van der Waals surface area contributed by atoms with Crippen LogP contribution in [0.1, 0.15) is 10.4 Å². The van der Waals surface area contributed by atoms with Gasteiger partial charge in [0.05, 0.1) is 44.0 Å². The number of rotatable bonds is 5. The van der Waals surface area contributed by atoms with E-state index >= 15 is 0 Å². The summed E-state index contributed by atoms with van der Waals surface area (Å²) in [5.41, 5.74) is 3.00. The Labute approximate surface area is 174 Å². The van der Waals surface area contributed by atoms with E-state index in [1.807, 2.05) is 65.7 Å². The fourth-order valence-corrected chi connectivity index (χ4v) is 3.79. The van der Waals surface area contributed by atoms with Gasteiger partial charge in [0, 0.05) is 16.8 Å². The van der Waals surface area contributed by atoms with Crippen LogP contribution in [0.5, 0.6) is 0 Å². The predicted octanol–water partition coefficient (Wildman–Crippen LogP) is 1.53. The maximum absolute atomic E-state index is 13.4. The summed E-state index contributed by atoms with van der Waals surface area (Å²) in [7, 11) is 0. The van der Waals surface area contributed by atoms with Crippen LogP contribution in [0.3, 0.4) is 0 Å². The van der Waals surface area contributed by atoms with Crippen molar-refractivity contribution in [2.45, 2.75) is 0 Å². The first-order valence-corrected chi connectivity index (χ1v) is 10.2. The van der Waals surface area contributed by atoms with Crippen LogP contribution in [0.2, 0.25) is 5.02 Å². The number of halogens is 1. The van der Waals surface area contributed by atoms with Gasteiger partial charge < -0.3 is 14.9 Å². The lowest BCUT2D eigenvalue weighted by Crippen LogP contribution is -3.15. The predicted molar refractivity (Wildman–Crippen MR) is 113 cm³/mol. The van der Waals surface area contributed by atoms with Crippen LogP contribution in [-0.2, 0) is 0 Å². The highest BCUT2D eigenvalue weighted by Crippen LogP contribution is 2.26. The minimum absolute atomic E-state index is 0.0137. The van der Waals surface area contributed by atoms with Crippen molar-refractivity contribution in [3.63, 3.8) is 0 Å². The average molecular weight is 412 g/mol. The van der Waals surface area contributed by atoms with Gasteiger partial charge in [-0.25, -0.2) is 4.68 Å². The Hall–Kier alpha value is -2.67. The first kappa shape index (κ1) is 19.6. The van der Waals surface area contributed by atoms with Crippen molar-refractivity contribution in [1.82, 2.24) is 14.7 Å². The van der Waals surface area contributed by atoms with E-state index in [1.165, 1.54) is 4.90 Å². The molecule has 2 heterocycles. The molecule has 1 fully saturated rings. The number of hydrogen-bond acceptors (Lipinski definition) is 3. The molecule has 0 radical (unpaired) electrons. The van der Waals surface area contributed by atoms with Gasteiger partial charge in [0.1, 0.15) is 12.2 Å². The fourth-order valence-electron chi connectivity index (χ4n) is 3.67. The number of nitrogens with zero attached hydrogens (tertiary/aromatic N) is 3. The highest BCUT2D eigenvalue weighted by atomic mass is 35.5. The summed E-state index contributed by atoms with van der Waals surface area (Å²) < 4.78 is 1.75. The molecule has 0 spiro atoms. The van der Waals surface area contributed by atoms with E-state index in [0.29, 0.717) is 29.4 Å². The molecule has 1 saturated heterocycles. The molecule has 0 aliphatic carbocycles. The molecule has 0 unspecified atom stereocenters. The van der Waals surface area contributed by atoms with Crippen LogP contribution in [0.15, 0.2) is 60.8 Å². The zero-order valence-electron chi connectivity index (χ0n) is 16.1. The van der Waals surface area contributed by atoms with Crippen molar-refractivity contribution in [2.75, 3.05) is 39.3 Å². The standard InChI is InChI=1S/C22H23ClN4O2/c23-18-8-6-17(7-9-18)21-20(16-27(24-21)19-4-2-1-3-5-19)22(29)26-12-10-25(11-13-26)14-15-28/h1-9,16,28H,10-15H2/p+1. The molecule has 0 bridgehead atoms. The van der Waals surface area contributed by atoms with Crippen molar-refractivity contribution < 1.29 is 14.8 Å². The molecule has 1 aromatic heterocycles. The average Bonchev–Trinajstić information content (AvgIpc) is 3.21. The molecule has 0 saturated carbocycles. The van der Waals surface area contributed by atoms with Crippen LogP contribution in [-0.4, -0.2) is 65.0 Å². The van der Waals surface area contributed by atoms with Crippen molar-refractivity contribution in [3.05, 3.63) is 71.4 Å². The summed E-state index contributed by atoms with van der Waals surface area (Å²) in [6.45, 7) is 3.93. The van der Waals surface area contributed by atoms with Crippen LogP contribution in [0, 0.1) is 0 Å². The smallest absolute Gasteiger partial charge is 0.258 e. The maximum atomic E-state index is 13.4. The number of hydrogen-bond donors (Lipinski definition) is 2. The molecular formula is C22H24ClN4O2+. The van der Waals surface area contributed by atoms with E-state index in [0.717, 1.165) is 30.9 Å². The normalized spacial score (nSPS) is 14.9. The van der Waals surface area contributed by atoms with Gasteiger partial charge in [-0.15, -0.1) is 0 Å². The van der Waals surface area contributed by atoms with Crippen LogP contribution in [0.25, 0.3) is 16.9 Å². The van der Waals surface area contributed by atoms with Gasteiger partial charge in [0.15, 0.2) is 0 Å². The second-order valence-electron chi connectivity index (χ2n) is 7.19. The maximum Gasteiger partial charge on any atom is 0.258 e. The molecule has 4 rings (SSSR count). The Kier molecular flexibility index (Phi) is 5.94. The van der Waals surface area contributed by atoms with Crippen molar-refractivity contribution in [3.8, 4) is 16.9 Å². The quantitative estimate of drug-likeness (QED) is 0.669. The zero-order chi connectivity index (χ0) is 20.2. The number of piperazine rings is 1. The third-order valence-corrected chi connectivity index (χ3v) is 5.56. The molecule has 1 aliphatic heterocycles. The second-order valence-corrected chi connectivity index (χ2v) is 7.63. The van der Waals surface area contributed by atoms with Crippen molar-refractivity contribution in [2.24, 2.45) is 0 Å². The van der Waals surface area contributed by atoms with E-state index in [4.69, 9.17) is 21.8 Å². The lowest BCUT2D eigenvalue weighted by Gasteiger charge is -2.31. The Morgan fingerprint density at radius 1 is 1.07 bits per heavy atom. The number of para-hydroxylation sites is 1. The molecule has 6 nitrogen and oxygen atoms in total. The number of aliphatic hydroxyl groups excluding tert-OH is 1. The second kappa shape index (κ2) is 8.78. The summed E-state index contributed by atoms with van der Waals surface area (Å²) in [6.07, 6.45) is 1.81. The summed E-state index contributed by atoms with van der Waals surface area (Å²) >= 11 is 6.04. The van der Waals surface area contributed by atoms with Crippen LogP contribution < -0.4 is 4.90 Å². The van der Waals surface area contributed by atoms with Gasteiger partial charge in [-0.3, -0.25) is 4.79 Å². The summed E-state index contributed by atoms with van der Waals surface area (Å²) in [6, 6.07) is 17.2. The topological polar surface area (TPSA) is 62.8 Å². The Balaban J connectivity index is 1.67. The van der Waals surface area contributed by atoms with E-state index in [2.05, 4.69) is 0 Å². The van der Waals surface area contributed by atoms with Crippen molar-refractivity contribution >= 4 is 17.5 Å². The van der Waals surface area contributed by atoms with E-state index < -0.39 is 0 Å². The summed E-state index contributed by atoms with van der Waals surface area (Å²) in [5, 5.41) is 14.5. The monoisotopic (exact) mass is 411 g/mol. The molecule has 29 heavy (non-hydrogen) atoms.